The number of aryl methyl sites for hydroxylation is 1. The number of rotatable bonds is 2. The number of hydrogen-bond donors (Lipinski definition) is 0. The Hall–Kier alpha value is -1.58. The van der Waals surface area contributed by atoms with Crippen LogP contribution in [-0.4, -0.2) is 4.57 Å². The summed E-state index contributed by atoms with van der Waals surface area (Å²) in [7, 11) is 0. The molecule has 0 amide bonds. The second kappa shape index (κ2) is 7.76. The van der Waals surface area contributed by atoms with Gasteiger partial charge in [0.1, 0.15) is 11.9 Å². The largest absolute Gasteiger partial charge is 1.00 e. The molecule has 3 aromatic rings. The first-order valence-electron chi connectivity index (χ1n) is 8.69. The van der Waals surface area contributed by atoms with Crippen LogP contribution in [0.1, 0.15) is 30.7 Å². The minimum absolute atomic E-state index is 0. The molecule has 0 saturated carbocycles. The lowest BCUT2D eigenvalue weighted by atomic mass is 10.1. The number of hydrogen-bond acceptors (Lipinski definition) is 0. The Balaban J connectivity index is 0.00000182. The molecular weight excluding hydrogens is 396 g/mol. The predicted octanol–water partition coefficient (Wildman–Crippen LogP) is 2.23. The van der Waals surface area contributed by atoms with Crippen LogP contribution < -0.4 is 17.0 Å². The SMILES string of the molecule is Cc1ccc(-n2cc(-c3ccc(Br)cc3)[n+]3c2CCCCC3)cc1.[Cl-]. The van der Waals surface area contributed by atoms with Gasteiger partial charge in [0.15, 0.2) is 5.69 Å². The van der Waals surface area contributed by atoms with Crippen LogP contribution in [0.4, 0.5) is 0 Å². The summed E-state index contributed by atoms with van der Waals surface area (Å²) in [5.41, 5.74) is 5.17. The Labute approximate surface area is 164 Å². The molecule has 0 atom stereocenters. The summed E-state index contributed by atoms with van der Waals surface area (Å²) >= 11 is 3.54. The highest BCUT2D eigenvalue weighted by atomic mass is 79.9. The average molecular weight is 418 g/mol. The smallest absolute Gasteiger partial charge is 0.262 e. The fourth-order valence-corrected chi connectivity index (χ4v) is 3.81. The van der Waals surface area contributed by atoms with Gasteiger partial charge in [-0.05, 0) is 62.6 Å². The highest BCUT2D eigenvalue weighted by molar-refractivity contribution is 9.10. The summed E-state index contributed by atoms with van der Waals surface area (Å²) in [6, 6.07) is 17.5. The molecule has 2 nitrogen and oxygen atoms in total. The molecule has 0 N–H and O–H groups in total. The van der Waals surface area contributed by atoms with Crippen LogP contribution >= 0.6 is 15.9 Å². The van der Waals surface area contributed by atoms with Gasteiger partial charge in [0.05, 0.1) is 6.54 Å². The van der Waals surface area contributed by atoms with Gasteiger partial charge in [0.25, 0.3) is 5.82 Å². The van der Waals surface area contributed by atoms with Crippen LogP contribution in [0.2, 0.25) is 0 Å². The number of imidazole rings is 1. The van der Waals surface area contributed by atoms with Crippen LogP contribution in [0.5, 0.6) is 0 Å². The van der Waals surface area contributed by atoms with E-state index in [0.29, 0.717) is 0 Å². The first-order valence-corrected chi connectivity index (χ1v) is 9.49. The molecule has 0 saturated heterocycles. The van der Waals surface area contributed by atoms with E-state index in [4.69, 9.17) is 0 Å². The summed E-state index contributed by atoms with van der Waals surface area (Å²) in [5.74, 6) is 1.43. The number of nitrogens with zero attached hydrogens (tertiary/aromatic N) is 2. The van der Waals surface area contributed by atoms with Crippen molar-refractivity contribution in [2.45, 2.75) is 39.2 Å². The monoisotopic (exact) mass is 416 g/mol. The molecule has 0 radical (unpaired) electrons. The summed E-state index contributed by atoms with van der Waals surface area (Å²) in [6.45, 7) is 3.25. The normalized spacial score (nSPS) is 13.7. The van der Waals surface area contributed by atoms with Gasteiger partial charge in [0.2, 0.25) is 0 Å². The second-order valence-electron chi connectivity index (χ2n) is 6.61. The maximum atomic E-state index is 3.54. The molecule has 0 fully saturated rings. The lowest BCUT2D eigenvalue weighted by molar-refractivity contribution is -0.692. The Morgan fingerprint density at radius 2 is 1.64 bits per heavy atom. The minimum atomic E-state index is 0. The maximum Gasteiger partial charge on any atom is 0.262 e. The topological polar surface area (TPSA) is 8.81 Å². The molecule has 1 aromatic heterocycles. The Bertz CT molecular complexity index is 781. The molecule has 2 heterocycles. The average Bonchev–Trinajstić information content (AvgIpc) is 2.78. The van der Waals surface area contributed by atoms with Crippen molar-refractivity contribution in [2.75, 3.05) is 0 Å². The van der Waals surface area contributed by atoms with Gasteiger partial charge < -0.3 is 12.4 Å². The van der Waals surface area contributed by atoms with Crippen molar-refractivity contribution in [1.82, 2.24) is 4.57 Å². The predicted molar refractivity (Wildman–Crippen MR) is 101 cm³/mol. The summed E-state index contributed by atoms with van der Waals surface area (Å²) in [5, 5.41) is 0. The third kappa shape index (κ3) is 3.68. The van der Waals surface area contributed by atoms with Gasteiger partial charge in [-0.3, -0.25) is 0 Å². The zero-order valence-corrected chi connectivity index (χ0v) is 16.7. The van der Waals surface area contributed by atoms with Crippen molar-refractivity contribution in [1.29, 1.82) is 0 Å². The molecule has 25 heavy (non-hydrogen) atoms. The molecule has 0 aliphatic carbocycles. The van der Waals surface area contributed by atoms with Crippen molar-refractivity contribution in [2.24, 2.45) is 0 Å². The quantitative estimate of drug-likeness (QED) is 0.566. The van der Waals surface area contributed by atoms with E-state index < -0.39 is 0 Å². The third-order valence-electron chi connectivity index (χ3n) is 4.87. The lowest BCUT2D eigenvalue weighted by Gasteiger charge is -2.03. The van der Waals surface area contributed by atoms with Gasteiger partial charge in [-0.1, -0.05) is 33.6 Å². The fourth-order valence-electron chi connectivity index (χ4n) is 3.55. The van der Waals surface area contributed by atoms with Crippen molar-refractivity contribution < 1.29 is 17.0 Å². The maximum absolute atomic E-state index is 3.54. The number of benzene rings is 2. The van der Waals surface area contributed by atoms with E-state index in [2.05, 4.69) is 86.7 Å². The van der Waals surface area contributed by atoms with Gasteiger partial charge in [-0.25, -0.2) is 4.57 Å². The highest BCUT2D eigenvalue weighted by Crippen LogP contribution is 2.25. The first-order chi connectivity index (χ1) is 11.7. The molecule has 1 aliphatic rings. The van der Waals surface area contributed by atoms with Crippen molar-refractivity contribution in [3.05, 3.63) is 70.6 Å². The molecule has 0 unspecified atom stereocenters. The van der Waals surface area contributed by atoms with Crippen LogP contribution in [0, 0.1) is 6.92 Å². The Kier molecular flexibility index (Phi) is 5.65. The number of aromatic nitrogens is 2. The standard InChI is InChI=1S/C21H22BrN2.ClH/c1-16-6-12-19(13-7-16)24-15-20(17-8-10-18(22)11-9-17)23-14-4-2-3-5-21(23)24;/h6-13,15H,2-5,14H2,1H3;1H/q+1;/p-1. The minimum Gasteiger partial charge on any atom is -1.00 e. The van der Waals surface area contributed by atoms with Crippen molar-refractivity contribution >= 4 is 15.9 Å². The van der Waals surface area contributed by atoms with Crippen LogP contribution in [0.25, 0.3) is 16.9 Å². The molecule has 2 aromatic carbocycles. The van der Waals surface area contributed by atoms with E-state index in [-0.39, 0.29) is 12.4 Å². The Morgan fingerprint density at radius 3 is 2.36 bits per heavy atom. The zero-order chi connectivity index (χ0) is 16.5. The van der Waals surface area contributed by atoms with Gasteiger partial charge in [0, 0.05) is 16.5 Å². The zero-order valence-electron chi connectivity index (χ0n) is 14.4. The Morgan fingerprint density at radius 1 is 0.920 bits per heavy atom. The third-order valence-corrected chi connectivity index (χ3v) is 5.39. The van der Waals surface area contributed by atoms with E-state index in [1.807, 2.05) is 0 Å². The van der Waals surface area contributed by atoms with Crippen LogP contribution in [-0.2, 0) is 13.0 Å². The van der Waals surface area contributed by atoms with Gasteiger partial charge in [-0.15, -0.1) is 0 Å². The molecule has 0 spiro atoms. The first kappa shape index (κ1) is 18.2. The molecule has 1 aliphatic heterocycles. The van der Waals surface area contributed by atoms with Crippen LogP contribution in [0.3, 0.4) is 0 Å². The van der Waals surface area contributed by atoms with Crippen LogP contribution in [0.15, 0.2) is 59.2 Å². The van der Waals surface area contributed by atoms with E-state index in [1.165, 1.54) is 47.6 Å². The highest BCUT2D eigenvalue weighted by Gasteiger charge is 2.26. The molecule has 4 rings (SSSR count). The number of fused-ring (bicyclic) bond motifs is 1. The van der Waals surface area contributed by atoms with E-state index in [9.17, 15) is 0 Å². The molecule has 4 heteroatoms. The molecule has 130 valence electrons. The molecule has 0 bridgehead atoms. The van der Waals surface area contributed by atoms with Crippen molar-refractivity contribution in [3.63, 3.8) is 0 Å². The lowest BCUT2D eigenvalue weighted by Crippen LogP contribution is -3.00. The van der Waals surface area contributed by atoms with E-state index >= 15 is 0 Å². The van der Waals surface area contributed by atoms with Gasteiger partial charge in [-0.2, -0.15) is 4.57 Å². The summed E-state index contributed by atoms with van der Waals surface area (Å²) < 4.78 is 6.04. The molecular formula is C21H22BrClN2. The second-order valence-corrected chi connectivity index (χ2v) is 7.52. The van der Waals surface area contributed by atoms with Gasteiger partial charge >= 0.3 is 0 Å². The van der Waals surface area contributed by atoms with E-state index in [0.717, 1.165) is 17.4 Å². The van der Waals surface area contributed by atoms with E-state index in [1.54, 1.807) is 0 Å². The van der Waals surface area contributed by atoms with Crippen molar-refractivity contribution in [3.8, 4) is 16.9 Å². The summed E-state index contributed by atoms with van der Waals surface area (Å²) in [4.78, 5) is 0. The number of halogens is 2. The summed E-state index contributed by atoms with van der Waals surface area (Å²) in [6.07, 6.45) is 7.31. The fraction of sp³-hybridized carbons (Fsp3) is 0.286.